The van der Waals surface area contributed by atoms with E-state index < -0.39 is 29.0 Å². The van der Waals surface area contributed by atoms with Crippen molar-refractivity contribution in [1.82, 2.24) is 10.2 Å². The zero-order chi connectivity index (χ0) is 18.4. The van der Waals surface area contributed by atoms with Gasteiger partial charge in [0.05, 0.1) is 18.3 Å². The summed E-state index contributed by atoms with van der Waals surface area (Å²) in [7, 11) is 0. The van der Waals surface area contributed by atoms with Gasteiger partial charge in [-0.15, -0.1) is 0 Å². The van der Waals surface area contributed by atoms with Gasteiger partial charge in [-0.25, -0.2) is 13.2 Å². The molecule has 0 bridgehead atoms. The lowest BCUT2D eigenvalue weighted by Crippen LogP contribution is -2.47. The molecular weight excluding hydrogens is 335 g/mol. The average molecular weight is 357 g/mol. The fraction of sp³-hybridized carbons (Fsp3) is 0.529. The van der Waals surface area contributed by atoms with Crippen molar-refractivity contribution in [2.24, 2.45) is 0 Å². The first-order valence-corrected chi connectivity index (χ1v) is 8.35. The van der Waals surface area contributed by atoms with Gasteiger partial charge in [0.1, 0.15) is 0 Å². The largest absolute Gasteiger partial charge is 0.346 e. The van der Waals surface area contributed by atoms with Crippen molar-refractivity contribution < 1.29 is 22.8 Å². The number of hydrogen-bond acceptors (Lipinski definition) is 3. The van der Waals surface area contributed by atoms with Crippen LogP contribution < -0.4 is 10.6 Å². The van der Waals surface area contributed by atoms with Gasteiger partial charge < -0.3 is 10.6 Å². The Kier molecular flexibility index (Phi) is 6.81. The standard InChI is InChI=1S/C17H22F3N3O2/c1-11(23-8-4-2-3-5-9-23)17(25)21-10-14(24)22-13-7-6-12(18)15(19)16(13)20/h6-7,11H,2-5,8-10H2,1H3,(H,21,25)(H,22,24). The van der Waals surface area contributed by atoms with E-state index in [4.69, 9.17) is 0 Å². The summed E-state index contributed by atoms with van der Waals surface area (Å²) in [5.41, 5.74) is -0.473. The van der Waals surface area contributed by atoms with E-state index in [1.807, 2.05) is 0 Å². The summed E-state index contributed by atoms with van der Waals surface area (Å²) >= 11 is 0. The highest BCUT2D eigenvalue weighted by atomic mass is 19.2. The first-order valence-electron chi connectivity index (χ1n) is 8.35. The lowest BCUT2D eigenvalue weighted by Gasteiger charge is -2.26. The minimum absolute atomic E-state index is 0.303. The fourth-order valence-electron chi connectivity index (χ4n) is 2.78. The molecule has 5 nitrogen and oxygen atoms in total. The molecule has 0 saturated carbocycles. The number of carbonyl (C=O) groups excluding carboxylic acids is 2. The Labute approximate surface area is 144 Å². The normalized spacial score (nSPS) is 16.8. The number of hydrogen-bond donors (Lipinski definition) is 2. The molecule has 1 atom stereocenters. The van der Waals surface area contributed by atoms with E-state index >= 15 is 0 Å². The molecule has 2 N–H and O–H groups in total. The fourth-order valence-corrected chi connectivity index (χ4v) is 2.78. The SMILES string of the molecule is CC(C(=O)NCC(=O)Nc1ccc(F)c(F)c1F)N1CCCCCC1. The Morgan fingerprint density at radius 3 is 2.36 bits per heavy atom. The average Bonchev–Trinajstić information content (AvgIpc) is 2.89. The second kappa shape index (κ2) is 8.84. The molecular formula is C17H22F3N3O2. The molecule has 1 fully saturated rings. The van der Waals surface area contributed by atoms with Crippen LogP contribution in [0.3, 0.4) is 0 Å². The molecule has 2 amide bonds. The molecule has 1 aliphatic rings. The topological polar surface area (TPSA) is 61.4 Å². The van der Waals surface area contributed by atoms with E-state index in [-0.39, 0.29) is 18.5 Å². The minimum atomic E-state index is -1.66. The van der Waals surface area contributed by atoms with Gasteiger partial charge >= 0.3 is 0 Å². The van der Waals surface area contributed by atoms with Gasteiger partial charge in [-0.05, 0) is 45.0 Å². The van der Waals surface area contributed by atoms with Crippen molar-refractivity contribution in [2.75, 3.05) is 25.0 Å². The summed E-state index contributed by atoms with van der Waals surface area (Å²) in [6.45, 7) is 3.06. The number of amides is 2. The van der Waals surface area contributed by atoms with Gasteiger partial charge in [-0.2, -0.15) is 0 Å². The molecule has 1 aliphatic heterocycles. The van der Waals surface area contributed by atoms with Crippen LogP contribution in [-0.4, -0.2) is 42.4 Å². The summed E-state index contributed by atoms with van der Waals surface area (Å²) in [5, 5.41) is 4.60. The molecule has 8 heteroatoms. The number of nitrogens with one attached hydrogen (secondary N) is 2. The van der Waals surface area contributed by atoms with Gasteiger partial charge in [0, 0.05) is 0 Å². The molecule has 1 aromatic rings. The quantitative estimate of drug-likeness (QED) is 0.796. The van der Waals surface area contributed by atoms with E-state index in [2.05, 4.69) is 15.5 Å². The number of benzene rings is 1. The molecule has 1 heterocycles. The molecule has 1 aromatic carbocycles. The van der Waals surface area contributed by atoms with Gasteiger partial charge in [-0.3, -0.25) is 14.5 Å². The van der Waals surface area contributed by atoms with Crippen molar-refractivity contribution in [2.45, 2.75) is 38.6 Å². The Bertz CT molecular complexity index is 632. The van der Waals surface area contributed by atoms with Crippen LogP contribution in [0.2, 0.25) is 0 Å². The van der Waals surface area contributed by atoms with Crippen molar-refractivity contribution in [3.05, 3.63) is 29.6 Å². The highest BCUT2D eigenvalue weighted by molar-refractivity contribution is 5.95. The number of halogens is 3. The first-order chi connectivity index (χ1) is 11.9. The lowest BCUT2D eigenvalue weighted by molar-refractivity contribution is -0.128. The maximum Gasteiger partial charge on any atom is 0.243 e. The van der Waals surface area contributed by atoms with E-state index in [0.717, 1.165) is 44.8 Å². The Hall–Kier alpha value is -2.09. The van der Waals surface area contributed by atoms with Crippen LogP contribution in [0.4, 0.5) is 18.9 Å². The Balaban J connectivity index is 1.84. The maximum atomic E-state index is 13.5. The number of carbonyl (C=O) groups is 2. The summed E-state index contributed by atoms with van der Waals surface area (Å²) < 4.78 is 39.5. The smallest absolute Gasteiger partial charge is 0.243 e. The van der Waals surface area contributed by atoms with E-state index in [1.54, 1.807) is 6.92 Å². The third-order valence-electron chi connectivity index (χ3n) is 4.30. The molecule has 2 rings (SSSR count). The third-order valence-corrected chi connectivity index (χ3v) is 4.30. The van der Waals surface area contributed by atoms with Crippen molar-refractivity contribution in [1.29, 1.82) is 0 Å². The Morgan fingerprint density at radius 2 is 1.72 bits per heavy atom. The summed E-state index contributed by atoms with van der Waals surface area (Å²) in [4.78, 5) is 26.0. The molecule has 0 radical (unpaired) electrons. The van der Waals surface area contributed by atoms with Crippen LogP contribution in [0.25, 0.3) is 0 Å². The first kappa shape index (κ1) is 19.2. The van der Waals surface area contributed by atoms with Gasteiger partial charge in [0.15, 0.2) is 17.5 Å². The van der Waals surface area contributed by atoms with Gasteiger partial charge in [0.25, 0.3) is 0 Å². The predicted molar refractivity (Wildman–Crippen MR) is 87.5 cm³/mol. The second-order valence-corrected chi connectivity index (χ2v) is 6.12. The van der Waals surface area contributed by atoms with Crippen LogP contribution in [0.5, 0.6) is 0 Å². The van der Waals surface area contributed by atoms with Crippen LogP contribution >= 0.6 is 0 Å². The minimum Gasteiger partial charge on any atom is -0.346 e. The maximum absolute atomic E-state index is 13.5. The lowest BCUT2D eigenvalue weighted by atomic mass is 10.2. The van der Waals surface area contributed by atoms with Crippen LogP contribution in [0.1, 0.15) is 32.6 Å². The summed E-state index contributed by atoms with van der Waals surface area (Å²) in [6.07, 6.45) is 4.36. The molecule has 1 unspecified atom stereocenters. The molecule has 0 aliphatic carbocycles. The summed E-state index contributed by atoms with van der Waals surface area (Å²) in [6, 6.07) is 1.27. The monoisotopic (exact) mass is 357 g/mol. The molecule has 0 aromatic heterocycles. The van der Waals surface area contributed by atoms with E-state index in [9.17, 15) is 22.8 Å². The van der Waals surface area contributed by atoms with Gasteiger partial charge in [-0.1, -0.05) is 12.8 Å². The van der Waals surface area contributed by atoms with Crippen LogP contribution in [-0.2, 0) is 9.59 Å². The van der Waals surface area contributed by atoms with Crippen molar-refractivity contribution in [3.8, 4) is 0 Å². The number of rotatable bonds is 5. The zero-order valence-corrected chi connectivity index (χ0v) is 14.1. The Morgan fingerprint density at radius 1 is 1.08 bits per heavy atom. The molecule has 0 spiro atoms. The molecule has 1 saturated heterocycles. The van der Waals surface area contributed by atoms with Crippen LogP contribution in [0.15, 0.2) is 12.1 Å². The van der Waals surface area contributed by atoms with Crippen molar-refractivity contribution in [3.63, 3.8) is 0 Å². The highest BCUT2D eigenvalue weighted by Crippen LogP contribution is 2.19. The van der Waals surface area contributed by atoms with Crippen molar-refractivity contribution >= 4 is 17.5 Å². The van der Waals surface area contributed by atoms with E-state index in [1.165, 1.54) is 0 Å². The van der Waals surface area contributed by atoms with Crippen LogP contribution in [0, 0.1) is 17.5 Å². The third kappa shape index (κ3) is 5.19. The number of nitrogens with zero attached hydrogens (tertiary/aromatic N) is 1. The zero-order valence-electron chi connectivity index (χ0n) is 14.1. The highest BCUT2D eigenvalue weighted by Gasteiger charge is 2.22. The number of anilines is 1. The van der Waals surface area contributed by atoms with Gasteiger partial charge in [0.2, 0.25) is 11.8 Å². The predicted octanol–water partition coefficient (Wildman–Crippen LogP) is 2.42. The molecule has 138 valence electrons. The number of likely N-dealkylation sites (tertiary alicyclic amines) is 1. The molecule has 25 heavy (non-hydrogen) atoms. The second-order valence-electron chi connectivity index (χ2n) is 6.12. The van der Waals surface area contributed by atoms with E-state index in [0.29, 0.717) is 6.07 Å². The summed E-state index contributed by atoms with van der Waals surface area (Å²) in [5.74, 6) is -5.49.